The molecule has 0 saturated carbocycles. The fourth-order valence-electron chi connectivity index (χ4n) is 4.01. The predicted octanol–water partition coefficient (Wildman–Crippen LogP) is 6.53. The number of phenolic OH excluding ortho intramolecular Hbond substituents is 2. The second-order valence-corrected chi connectivity index (χ2v) is 8.05. The van der Waals surface area contributed by atoms with Crippen molar-refractivity contribution in [2.75, 3.05) is 0 Å². The standard InChI is InChI=1S/C26H30O2/c1-5-25(3,19-10-14-23(27)15-11-19)21-8-7-9-22(18-21)26(4,6-2)20-12-16-24(28)17-13-20/h7-18,27-28H,5-6H2,1-4H3. The summed E-state index contributed by atoms with van der Waals surface area (Å²) in [6.45, 7) is 8.95. The molecule has 28 heavy (non-hydrogen) atoms. The summed E-state index contributed by atoms with van der Waals surface area (Å²) in [5.74, 6) is 0.587. The summed E-state index contributed by atoms with van der Waals surface area (Å²) in [5, 5.41) is 19.4. The van der Waals surface area contributed by atoms with Crippen LogP contribution in [-0.2, 0) is 10.8 Å². The molecule has 0 bridgehead atoms. The highest BCUT2D eigenvalue weighted by Crippen LogP contribution is 2.40. The molecule has 3 rings (SSSR count). The third-order valence-electron chi connectivity index (χ3n) is 6.56. The SMILES string of the molecule is CCC(C)(c1ccc(O)cc1)c1cccc(C(C)(CC)c2ccc(O)cc2)c1. The van der Waals surface area contributed by atoms with Crippen LogP contribution in [-0.4, -0.2) is 10.2 Å². The van der Waals surface area contributed by atoms with Crippen LogP contribution >= 0.6 is 0 Å². The number of aromatic hydroxyl groups is 2. The number of rotatable bonds is 6. The van der Waals surface area contributed by atoms with E-state index in [0.29, 0.717) is 11.5 Å². The molecule has 3 aromatic rings. The van der Waals surface area contributed by atoms with Gasteiger partial charge in [-0.1, -0.05) is 76.2 Å². The molecule has 146 valence electrons. The second-order valence-electron chi connectivity index (χ2n) is 8.05. The first-order valence-electron chi connectivity index (χ1n) is 10.0. The molecule has 3 aromatic carbocycles. The predicted molar refractivity (Wildman–Crippen MR) is 116 cm³/mol. The fourth-order valence-corrected chi connectivity index (χ4v) is 4.01. The van der Waals surface area contributed by atoms with Crippen molar-refractivity contribution in [2.24, 2.45) is 0 Å². The lowest BCUT2D eigenvalue weighted by atomic mass is 9.70. The van der Waals surface area contributed by atoms with Gasteiger partial charge in [-0.15, -0.1) is 0 Å². The Labute approximate surface area is 168 Å². The highest BCUT2D eigenvalue weighted by Gasteiger charge is 2.31. The van der Waals surface area contributed by atoms with E-state index in [0.717, 1.165) is 12.8 Å². The molecular weight excluding hydrogens is 344 g/mol. The number of hydrogen-bond donors (Lipinski definition) is 2. The van der Waals surface area contributed by atoms with Gasteiger partial charge in [0.15, 0.2) is 0 Å². The Balaban J connectivity index is 2.09. The van der Waals surface area contributed by atoms with E-state index in [1.165, 1.54) is 22.3 Å². The van der Waals surface area contributed by atoms with Gasteiger partial charge in [0.2, 0.25) is 0 Å². The van der Waals surface area contributed by atoms with E-state index in [1.54, 1.807) is 24.3 Å². The van der Waals surface area contributed by atoms with Gasteiger partial charge < -0.3 is 10.2 Å². The molecule has 0 heterocycles. The van der Waals surface area contributed by atoms with Crippen molar-refractivity contribution in [2.45, 2.75) is 51.4 Å². The first-order chi connectivity index (χ1) is 13.3. The quantitative estimate of drug-likeness (QED) is 0.515. The van der Waals surface area contributed by atoms with Crippen LogP contribution in [0.15, 0.2) is 72.8 Å². The molecule has 0 aliphatic heterocycles. The van der Waals surface area contributed by atoms with Crippen molar-refractivity contribution in [3.05, 3.63) is 95.1 Å². The minimum absolute atomic E-state index is 0.132. The summed E-state index contributed by atoms with van der Waals surface area (Å²) in [5.41, 5.74) is 4.69. The smallest absolute Gasteiger partial charge is 0.115 e. The van der Waals surface area contributed by atoms with Crippen LogP contribution < -0.4 is 0 Å². The lowest BCUT2D eigenvalue weighted by Gasteiger charge is -2.34. The minimum atomic E-state index is -0.132. The van der Waals surface area contributed by atoms with Gasteiger partial charge >= 0.3 is 0 Å². The Bertz CT molecular complexity index is 853. The molecular formula is C26H30O2. The number of hydrogen-bond acceptors (Lipinski definition) is 2. The van der Waals surface area contributed by atoms with Gasteiger partial charge in [-0.05, 0) is 59.4 Å². The summed E-state index contributed by atoms with van der Waals surface area (Å²) in [4.78, 5) is 0. The minimum Gasteiger partial charge on any atom is -0.508 e. The van der Waals surface area contributed by atoms with E-state index in [-0.39, 0.29) is 10.8 Å². The summed E-state index contributed by atoms with van der Waals surface area (Å²) in [7, 11) is 0. The molecule has 2 atom stereocenters. The van der Waals surface area contributed by atoms with Gasteiger partial charge in [-0.25, -0.2) is 0 Å². The van der Waals surface area contributed by atoms with Crippen LogP contribution in [0.2, 0.25) is 0 Å². The molecule has 0 aromatic heterocycles. The molecule has 2 unspecified atom stereocenters. The molecule has 0 fully saturated rings. The van der Waals surface area contributed by atoms with E-state index >= 15 is 0 Å². The maximum atomic E-state index is 9.68. The zero-order valence-corrected chi connectivity index (χ0v) is 17.2. The molecule has 2 N–H and O–H groups in total. The Morgan fingerprint density at radius 3 is 1.25 bits per heavy atom. The van der Waals surface area contributed by atoms with Gasteiger partial charge in [0.25, 0.3) is 0 Å². The van der Waals surface area contributed by atoms with Crippen LogP contribution in [0.25, 0.3) is 0 Å². The van der Waals surface area contributed by atoms with Crippen molar-refractivity contribution in [1.29, 1.82) is 0 Å². The summed E-state index contributed by atoms with van der Waals surface area (Å²) < 4.78 is 0. The van der Waals surface area contributed by atoms with Crippen molar-refractivity contribution < 1.29 is 10.2 Å². The third-order valence-corrected chi connectivity index (χ3v) is 6.56. The largest absolute Gasteiger partial charge is 0.508 e. The van der Waals surface area contributed by atoms with E-state index in [4.69, 9.17) is 0 Å². The third kappa shape index (κ3) is 3.52. The molecule has 0 radical (unpaired) electrons. The van der Waals surface area contributed by atoms with Crippen LogP contribution in [0.4, 0.5) is 0 Å². The summed E-state index contributed by atoms with van der Waals surface area (Å²) >= 11 is 0. The summed E-state index contributed by atoms with van der Waals surface area (Å²) in [6.07, 6.45) is 1.92. The molecule has 2 heteroatoms. The van der Waals surface area contributed by atoms with Crippen LogP contribution in [0, 0.1) is 0 Å². The monoisotopic (exact) mass is 374 g/mol. The van der Waals surface area contributed by atoms with Gasteiger partial charge in [-0.3, -0.25) is 0 Å². The summed E-state index contributed by atoms with van der Waals surface area (Å²) in [6, 6.07) is 24.0. The maximum Gasteiger partial charge on any atom is 0.115 e. The first-order valence-corrected chi connectivity index (χ1v) is 10.0. The average molecular weight is 375 g/mol. The fraction of sp³-hybridized carbons (Fsp3) is 0.308. The molecule has 0 aliphatic carbocycles. The van der Waals surface area contributed by atoms with Gasteiger partial charge in [0.05, 0.1) is 0 Å². The van der Waals surface area contributed by atoms with E-state index in [2.05, 4.69) is 52.0 Å². The van der Waals surface area contributed by atoms with Crippen LogP contribution in [0.3, 0.4) is 0 Å². The molecule has 0 saturated heterocycles. The number of phenols is 2. The van der Waals surface area contributed by atoms with Gasteiger partial charge in [0.1, 0.15) is 11.5 Å². The second kappa shape index (κ2) is 7.71. The molecule has 0 amide bonds. The molecule has 0 spiro atoms. The maximum absolute atomic E-state index is 9.68. The normalized spacial score (nSPS) is 15.6. The van der Waals surface area contributed by atoms with Gasteiger partial charge in [0, 0.05) is 10.8 Å². The first kappa shape index (κ1) is 20.0. The molecule has 2 nitrogen and oxygen atoms in total. The lowest BCUT2D eigenvalue weighted by Crippen LogP contribution is -2.26. The van der Waals surface area contributed by atoms with E-state index in [1.807, 2.05) is 24.3 Å². The van der Waals surface area contributed by atoms with Gasteiger partial charge in [-0.2, -0.15) is 0 Å². The zero-order chi connectivity index (χ0) is 20.4. The topological polar surface area (TPSA) is 40.5 Å². The Morgan fingerprint density at radius 1 is 0.571 bits per heavy atom. The average Bonchev–Trinajstić information content (AvgIpc) is 2.73. The number of benzene rings is 3. The van der Waals surface area contributed by atoms with Crippen molar-refractivity contribution in [1.82, 2.24) is 0 Å². The van der Waals surface area contributed by atoms with Crippen molar-refractivity contribution in [3.63, 3.8) is 0 Å². The lowest BCUT2D eigenvalue weighted by molar-refractivity contribution is 0.473. The Kier molecular flexibility index (Phi) is 5.51. The van der Waals surface area contributed by atoms with Crippen LogP contribution in [0.1, 0.15) is 62.8 Å². The Morgan fingerprint density at radius 2 is 0.929 bits per heavy atom. The Hall–Kier alpha value is -2.74. The van der Waals surface area contributed by atoms with E-state index < -0.39 is 0 Å². The highest BCUT2D eigenvalue weighted by molar-refractivity contribution is 5.46. The van der Waals surface area contributed by atoms with E-state index in [9.17, 15) is 10.2 Å². The molecule has 0 aliphatic rings. The highest BCUT2D eigenvalue weighted by atomic mass is 16.3. The van der Waals surface area contributed by atoms with Crippen molar-refractivity contribution in [3.8, 4) is 11.5 Å². The zero-order valence-electron chi connectivity index (χ0n) is 17.2. The van der Waals surface area contributed by atoms with Crippen molar-refractivity contribution >= 4 is 0 Å². The van der Waals surface area contributed by atoms with Crippen LogP contribution in [0.5, 0.6) is 11.5 Å².